The third-order valence-electron chi connectivity index (χ3n) is 4.82. The fraction of sp³-hybridized carbons (Fsp3) is 0.174. The monoisotopic (exact) mass is 499 g/mol. The third-order valence-corrected chi connectivity index (χ3v) is 7.70. The number of anilines is 2. The van der Waals surface area contributed by atoms with E-state index in [0.29, 0.717) is 5.69 Å². The molecule has 0 saturated carbocycles. The van der Waals surface area contributed by atoms with Crippen LogP contribution in [0.25, 0.3) is 0 Å². The van der Waals surface area contributed by atoms with Crippen LogP contribution in [0, 0.1) is 11.3 Å². The van der Waals surface area contributed by atoms with E-state index in [4.69, 9.17) is 15.2 Å². The van der Waals surface area contributed by atoms with Crippen LogP contribution in [0.15, 0.2) is 59.5 Å². The summed E-state index contributed by atoms with van der Waals surface area (Å²) in [7, 11) is -2.72. The second-order valence-corrected chi connectivity index (χ2v) is 9.85. The molecule has 34 heavy (non-hydrogen) atoms. The Kier molecular flexibility index (Phi) is 7.55. The molecule has 0 saturated heterocycles. The lowest BCUT2D eigenvalue weighted by Crippen LogP contribution is -2.28. The lowest BCUT2D eigenvalue weighted by molar-refractivity contribution is 0.0449. The number of esters is 2. The molecule has 0 unspecified atom stereocenters. The Balaban J connectivity index is 1.92. The number of nitrogen functional groups attached to an aromatic ring is 1. The summed E-state index contributed by atoms with van der Waals surface area (Å²) in [5, 5.41) is 9.51. The van der Waals surface area contributed by atoms with Gasteiger partial charge < -0.3 is 15.2 Å². The van der Waals surface area contributed by atoms with Gasteiger partial charge in [-0.1, -0.05) is 30.3 Å². The molecule has 0 amide bonds. The first-order valence-electron chi connectivity index (χ1n) is 10.0. The van der Waals surface area contributed by atoms with Crippen molar-refractivity contribution in [1.82, 2.24) is 0 Å². The first-order valence-corrected chi connectivity index (χ1v) is 12.3. The molecule has 1 heterocycles. The van der Waals surface area contributed by atoms with Gasteiger partial charge in [-0.2, -0.15) is 5.26 Å². The average molecular weight is 500 g/mol. The van der Waals surface area contributed by atoms with Gasteiger partial charge in [0.25, 0.3) is 10.0 Å². The van der Waals surface area contributed by atoms with Crippen LogP contribution in [0.2, 0.25) is 0 Å². The van der Waals surface area contributed by atoms with Crippen molar-refractivity contribution in [3.05, 3.63) is 76.2 Å². The van der Waals surface area contributed by atoms with E-state index in [0.717, 1.165) is 15.6 Å². The van der Waals surface area contributed by atoms with E-state index in [9.17, 15) is 23.3 Å². The van der Waals surface area contributed by atoms with E-state index in [-0.39, 0.29) is 38.1 Å². The lowest BCUT2D eigenvalue weighted by atomic mass is 10.1. The van der Waals surface area contributed by atoms with E-state index in [2.05, 4.69) is 0 Å². The highest BCUT2D eigenvalue weighted by atomic mass is 32.2. The highest BCUT2D eigenvalue weighted by Crippen LogP contribution is 2.32. The van der Waals surface area contributed by atoms with E-state index in [1.54, 1.807) is 37.3 Å². The van der Waals surface area contributed by atoms with Crippen molar-refractivity contribution < 1.29 is 27.5 Å². The van der Waals surface area contributed by atoms with Gasteiger partial charge in [-0.25, -0.2) is 18.0 Å². The van der Waals surface area contributed by atoms with Gasteiger partial charge in [0.2, 0.25) is 0 Å². The Hall–Kier alpha value is -3.88. The van der Waals surface area contributed by atoms with Crippen molar-refractivity contribution >= 4 is 44.0 Å². The summed E-state index contributed by atoms with van der Waals surface area (Å²) in [6.45, 7) is 1.27. The quantitative estimate of drug-likeness (QED) is 0.464. The van der Waals surface area contributed by atoms with Crippen LogP contribution >= 0.6 is 11.3 Å². The molecule has 0 radical (unpaired) electrons. The molecule has 2 aromatic carbocycles. The number of carbonyl (C=O) groups is 2. The van der Waals surface area contributed by atoms with Gasteiger partial charge in [-0.3, -0.25) is 4.31 Å². The summed E-state index contributed by atoms with van der Waals surface area (Å²) in [5.41, 5.74) is 6.18. The number of nitrogens with two attached hydrogens (primary N) is 1. The van der Waals surface area contributed by atoms with Gasteiger partial charge >= 0.3 is 11.9 Å². The van der Waals surface area contributed by atoms with E-state index in [1.807, 2.05) is 6.07 Å². The maximum absolute atomic E-state index is 13.3. The summed E-state index contributed by atoms with van der Waals surface area (Å²) >= 11 is 0.857. The summed E-state index contributed by atoms with van der Waals surface area (Å²) in [6, 6.07) is 15.9. The molecular weight excluding hydrogens is 478 g/mol. The number of hydrogen-bond acceptors (Lipinski definition) is 9. The fourth-order valence-electron chi connectivity index (χ4n) is 3.11. The number of rotatable bonds is 8. The summed E-state index contributed by atoms with van der Waals surface area (Å²) in [5.74, 6) is -1.64. The average Bonchev–Trinajstić information content (AvgIpc) is 3.17. The van der Waals surface area contributed by atoms with Crippen LogP contribution < -0.4 is 10.0 Å². The van der Waals surface area contributed by atoms with Crippen molar-refractivity contribution in [3.63, 3.8) is 0 Å². The Labute approximate surface area is 201 Å². The number of thiophene rings is 1. The number of carbonyl (C=O) groups excluding carboxylic acids is 2. The minimum atomic E-state index is -4.10. The highest BCUT2D eigenvalue weighted by molar-refractivity contribution is 7.92. The van der Waals surface area contributed by atoms with Crippen LogP contribution in [0.5, 0.6) is 0 Å². The van der Waals surface area contributed by atoms with Gasteiger partial charge in [-0.15, -0.1) is 11.3 Å². The number of sulfonamides is 1. The number of ether oxygens (including phenoxy) is 2. The van der Waals surface area contributed by atoms with Crippen LogP contribution in [0.1, 0.15) is 38.1 Å². The normalized spacial score (nSPS) is 10.9. The molecule has 2 N–H and O–H groups in total. The molecule has 0 fully saturated rings. The number of benzene rings is 2. The molecule has 0 aliphatic heterocycles. The van der Waals surface area contributed by atoms with E-state index in [1.165, 1.54) is 31.3 Å². The Morgan fingerprint density at radius 3 is 2.35 bits per heavy atom. The molecule has 11 heteroatoms. The number of nitrogens with zero attached hydrogens (tertiary/aromatic N) is 2. The van der Waals surface area contributed by atoms with E-state index >= 15 is 0 Å². The zero-order valence-corrected chi connectivity index (χ0v) is 20.0. The van der Waals surface area contributed by atoms with E-state index < -0.39 is 28.6 Å². The predicted molar refractivity (Wildman–Crippen MR) is 127 cm³/mol. The molecule has 176 valence electrons. The van der Waals surface area contributed by atoms with Gasteiger partial charge in [-0.05, 0) is 31.2 Å². The van der Waals surface area contributed by atoms with Gasteiger partial charge in [0.1, 0.15) is 27.4 Å². The zero-order chi connectivity index (χ0) is 24.9. The number of nitriles is 1. The maximum atomic E-state index is 13.3. The second kappa shape index (κ2) is 10.4. The molecule has 1 aromatic heterocycles. The Morgan fingerprint density at radius 2 is 1.71 bits per heavy atom. The first kappa shape index (κ1) is 24.8. The van der Waals surface area contributed by atoms with Crippen LogP contribution in [0.4, 0.5) is 10.7 Å². The van der Waals surface area contributed by atoms with Crippen molar-refractivity contribution in [1.29, 1.82) is 5.26 Å². The van der Waals surface area contributed by atoms with Crippen LogP contribution in [-0.4, -0.2) is 34.0 Å². The highest BCUT2D eigenvalue weighted by Gasteiger charge is 2.29. The molecular formula is C23H21N3O6S2. The standard InChI is InChI=1S/C23H21N3O6S2/c1-3-31-23(28)20-18(17(13-24)21(25)33-20)14-32-22(27)16-11-7-8-12-19(16)34(29,30)26(2)15-9-5-4-6-10-15/h4-12H,3,14,25H2,1-2H3. The number of hydrogen-bond donors (Lipinski definition) is 1. The molecule has 0 bridgehead atoms. The maximum Gasteiger partial charge on any atom is 0.348 e. The smallest absolute Gasteiger partial charge is 0.348 e. The fourth-order valence-corrected chi connectivity index (χ4v) is 5.40. The summed E-state index contributed by atoms with van der Waals surface area (Å²) < 4.78 is 37.9. The predicted octanol–water partition coefficient (Wildman–Crippen LogP) is 3.56. The second-order valence-electron chi connectivity index (χ2n) is 6.86. The number of para-hydroxylation sites is 1. The minimum Gasteiger partial charge on any atom is -0.462 e. The van der Waals surface area contributed by atoms with Gasteiger partial charge in [0.05, 0.1) is 23.4 Å². The van der Waals surface area contributed by atoms with Crippen molar-refractivity contribution in [2.45, 2.75) is 18.4 Å². The molecule has 0 spiro atoms. The van der Waals surface area contributed by atoms with Gasteiger partial charge in [0, 0.05) is 12.6 Å². The van der Waals surface area contributed by atoms with Crippen molar-refractivity contribution in [2.75, 3.05) is 23.7 Å². The Morgan fingerprint density at radius 1 is 1.06 bits per heavy atom. The van der Waals surface area contributed by atoms with Crippen molar-refractivity contribution in [3.8, 4) is 6.07 Å². The topological polar surface area (TPSA) is 140 Å². The molecule has 9 nitrogen and oxygen atoms in total. The zero-order valence-electron chi connectivity index (χ0n) is 18.3. The molecule has 0 aliphatic carbocycles. The largest absolute Gasteiger partial charge is 0.462 e. The van der Waals surface area contributed by atoms with Crippen molar-refractivity contribution in [2.24, 2.45) is 0 Å². The first-order chi connectivity index (χ1) is 16.2. The van der Waals surface area contributed by atoms with Crippen LogP contribution in [-0.2, 0) is 26.1 Å². The SMILES string of the molecule is CCOC(=O)c1sc(N)c(C#N)c1COC(=O)c1ccccc1S(=O)(=O)N(C)c1ccccc1. The lowest BCUT2D eigenvalue weighted by Gasteiger charge is -2.20. The molecule has 3 aromatic rings. The molecule has 0 aliphatic rings. The minimum absolute atomic E-state index is 0.00516. The molecule has 0 atom stereocenters. The molecule has 3 rings (SSSR count). The Bertz CT molecular complexity index is 1360. The summed E-state index contributed by atoms with van der Waals surface area (Å²) in [4.78, 5) is 25.0. The third kappa shape index (κ3) is 4.88. The van der Waals surface area contributed by atoms with Crippen LogP contribution in [0.3, 0.4) is 0 Å². The summed E-state index contributed by atoms with van der Waals surface area (Å²) in [6.07, 6.45) is 0. The van der Waals surface area contributed by atoms with Gasteiger partial charge in [0.15, 0.2) is 0 Å².